The van der Waals surface area contributed by atoms with Crippen LogP contribution in [-0.4, -0.2) is 6.17 Å². The summed E-state index contributed by atoms with van der Waals surface area (Å²) in [5, 5.41) is 0. The van der Waals surface area contributed by atoms with Gasteiger partial charge in [-0.15, -0.1) is 0 Å². The quantitative estimate of drug-likeness (QED) is 0.432. The van der Waals surface area contributed by atoms with Crippen LogP contribution in [0.25, 0.3) is 11.3 Å². The first-order chi connectivity index (χ1) is 14.9. The molecule has 4 heterocycles. The summed E-state index contributed by atoms with van der Waals surface area (Å²) in [5.41, 5.74) is 7.44. The fraction of sp³-hybridized carbons (Fsp3) is 0.0741. The summed E-state index contributed by atoms with van der Waals surface area (Å²) in [6, 6.07) is 35.0. The molecule has 0 bridgehead atoms. The summed E-state index contributed by atoms with van der Waals surface area (Å²) in [6.07, 6.45) is 6.79. The third kappa shape index (κ3) is 1.74. The normalized spacial score (nSPS) is 22.2. The Hall–Kier alpha value is -3.85. The van der Waals surface area contributed by atoms with Gasteiger partial charge in [-0.3, -0.25) is 0 Å². The second-order valence-electron chi connectivity index (χ2n) is 8.11. The van der Waals surface area contributed by atoms with Crippen LogP contribution in [0.2, 0.25) is 0 Å². The van der Waals surface area contributed by atoms with Crippen LogP contribution in [0.5, 0.6) is 0 Å². The second kappa shape index (κ2) is 5.61. The Morgan fingerprint density at radius 3 is 2.23 bits per heavy atom. The lowest BCUT2D eigenvalue weighted by Crippen LogP contribution is -2.65. The minimum absolute atomic E-state index is 0.0899. The summed E-state index contributed by atoms with van der Waals surface area (Å²) < 4.78 is 2.49. The zero-order valence-electron chi connectivity index (χ0n) is 16.4. The van der Waals surface area contributed by atoms with Gasteiger partial charge in [-0.2, -0.15) is 4.57 Å². The van der Waals surface area contributed by atoms with Crippen molar-refractivity contribution in [3.63, 3.8) is 0 Å². The zero-order valence-corrected chi connectivity index (χ0v) is 16.4. The molecule has 1 aromatic heterocycles. The lowest BCUT2D eigenvalue weighted by atomic mass is 9.81. The molecule has 3 nitrogen and oxygen atoms in total. The Balaban J connectivity index is 1.60. The Morgan fingerprint density at radius 1 is 0.633 bits per heavy atom. The summed E-state index contributed by atoms with van der Waals surface area (Å²) >= 11 is 0. The van der Waals surface area contributed by atoms with E-state index in [0.29, 0.717) is 0 Å². The molecule has 3 aliphatic rings. The molecular formula is C27H20N3+. The van der Waals surface area contributed by atoms with Crippen molar-refractivity contribution in [3.05, 3.63) is 127 Å². The van der Waals surface area contributed by atoms with Crippen molar-refractivity contribution in [2.45, 2.75) is 11.7 Å². The molecule has 2 atom stereocenters. The van der Waals surface area contributed by atoms with E-state index < -0.39 is 0 Å². The number of para-hydroxylation sites is 2. The van der Waals surface area contributed by atoms with Gasteiger partial charge in [-0.05, 0) is 36.4 Å². The lowest BCUT2D eigenvalue weighted by Gasteiger charge is -2.35. The third-order valence-electron chi connectivity index (χ3n) is 6.79. The van der Waals surface area contributed by atoms with Gasteiger partial charge < -0.3 is 9.80 Å². The standard InChI is InChI=1S/C27H20N3/c1-2-10-20(11-3-1)28-18-19-29-25-16-7-6-14-23(25)27(26(28)29)22-13-5-4-12-21(22)24-15-8-9-17-30(24)27/h1-19,26H/q+1. The van der Waals surface area contributed by atoms with Gasteiger partial charge in [0.2, 0.25) is 5.69 Å². The second-order valence-corrected chi connectivity index (χ2v) is 8.11. The van der Waals surface area contributed by atoms with E-state index in [0.717, 1.165) is 0 Å². The summed E-state index contributed by atoms with van der Waals surface area (Å²) in [5.74, 6) is 0. The number of benzene rings is 3. The number of fused-ring (bicyclic) bond motifs is 10. The molecule has 0 radical (unpaired) electrons. The smallest absolute Gasteiger partial charge is 0.261 e. The van der Waals surface area contributed by atoms with Gasteiger partial charge in [0.25, 0.3) is 5.54 Å². The predicted molar refractivity (Wildman–Crippen MR) is 119 cm³/mol. The molecule has 0 saturated heterocycles. The highest BCUT2D eigenvalue weighted by molar-refractivity contribution is 5.79. The zero-order chi connectivity index (χ0) is 19.7. The van der Waals surface area contributed by atoms with E-state index in [2.05, 4.69) is 130 Å². The molecule has 0 N–H and O–H groups in total. The highest BCUT2D eigenvalue weighted by Gasteiger charge is 2.67. The van der Waals surface area contributed by atoms with E-state index in [1.54, 1.807) is 0 Å². The van der Waals surface area contributed by atoms with Crippen LogP contribution in [-0.2, 0) is 5.54 Å². The van der Waals surface area contributed by atoms with Crippen LogP contribution in [0.15, 0.2) is 116 Å². The van der Waals surface area contributed by atoms with Gasteiger partial charge in [-0.25, -0.2) is 0 Å². The minimum atomic E-state index is -0.330. The summed E-state index contributed by atoms with van der Waals surface area (Å²) in [6.45, 7) is 0. The maximum atomic E-state index is 2.49. The van der Waals surface area contributed by atoms with Crippen molar-refractivity contribution >= 4 is 11.4 Å². The molecule has 3 heteroatoms. The molecule has 4 aromatic rings. The molecular weight excluding hydrogens is 366 g/mol. The highest BCUT2D eigenvalue weighted by Crippen LogP contribution is 2.55. The number of aromatic nitrogens is 1. The number of hydrogen-bond donors (Lipinski definition) is 0. The molecule has 7 rings (SSSR count). The van der Waals surface area contributed by atoms with E-state index >= 15 is 0 Å². The van der Waals surface area contributed by atoms with Crippen LogP contribution in [0.3, 0.4) is 0 Å². The molecule has 2 unspecified atom stereocenters. The summed E-state index contributed by atoms with van der Waals surface area (Å²) in [7, 11) is 0. The fourth-order valence-electron chi connectivity index (χ4n) is 5.72. The number of hydrogen-bond acceptors (Lipinski definition) is 2. The predicted octanol–water partition coefficient (Wildman–Crippen LogP) is 4.88. The molecule has 142 valence electrons. The van der Waals surface area contributed by atoms with E-state index in [1.807, 2.05) is 0 Å². The van der Waals surface area contributed by atoms with Crippen molar-refractivity contribution < 1.29 is 4.57 Å². The Kier molecular flexibility index (Phi) is 2.99. The molecule has 0 saturated carbocycles. The first-order valence-electron chi connectivity index (χ1n) is 10.4. The Morgan fingerprint density at radius 2 is 1.33 bits per heavy atom. The van der Waals surface area contributed by atoms with E-state index in [1.165, 1.54) is 33.8 Å². The average Bonchev–Trinajstić information content (AvgIpc) is 3.46. The molecule has 1 spiro atoms. The van der Waals surface area contributed by atoms with Gasteiger partial charge in [-0.1, -0.05) is 48.5 Å². The largest absolute Gasteiger partial charge is 0.319 e. The number of pyridine rings is 1. The van der Waals surface area contributed by atoms with Crippen LogP contribution < -0.4 is 14.4 Å². The Labute approximate surface area is 175 Å². The maximum absolute atomic E-state index is 2.49. The molecule has 3 aromatic carbocycles. The van der Waals surface area contributed by atoms with Gasteiger partial charge >= 0.3 is 0 Å². The van der Waals surface area contributed by atoms with Crippen LogP contribution >= 0.6 is 0 Å². The first-order valence-corrected chi connectivity index (χ1v) is 10.4. The van der Waals surface area contributed by atoms with Crippen molar-refractivity contribution in [1.82, 2.24) is 0 Å². The van der Waals surface area contributed by atoms with E-state index in [9.17, 15) is 0 Å². The third-order valence-corrected chi connectivity index (χ3v) is 6.79. The fourth-order valence-corrected chi connectivity index (χ4v) is 5.72. The number of rotatable bonds is 1. The minimum Gasteiger partial charge on any atom is -0.319 e. The molecule has 3 aliphatic heterocycles. The molecule has 0 aliphatic carbocycles. The van der Waals surface area contributed by atoms with Crippen LogP contribution in [0.4, 0.5) is 11.4 Å². The first kappa shape index (κ1) is 16.0. The van der Waals surface area contributed by atoms with Gasteiger partial charge in [0.15, 0.2) is 12.4 Å². The highest BCUT2D eigenvalue weighted by atomic mass is 15.5. The molecule has 0 fully saturated rings. The van der Waals surface area contributed by atoms with Crippen LogP contribution in [0.1, 0.15) is 11.1 Å². The van der Waals surface area contributed by atoms with Crippen LogP contribution in [0, 0.1) is 0 Å². The maximum Gasteiger partial charge on any atom is 0.261 e. The number of anilines is 2. The topological polar surface area (TPSA) is 10.4 Å². The summed E-state index contributed by atoms with van der Waals surface area (Å²) in [4.78, 5) is 4.86. The molecule has 0 amide bonds. The monoisotopic (exact) mass is 386 g/mol. The van der Waals surface area contributed by atoms with Gasteiger partial charge in [0.05, 0.1) is 16.8 Å². The van der Waals surface area contributed by atoms with Crippen molar-refractivity contribution in [2.75, 3.05) is 9.80 Å². The van der Waals surface area contributed by atoms with E-state index in [-0.39, 0.29) is 11.7 Å². The molecule has 30 heavy (non-hydrogen) atoms. The number of nitrogens with zero attached hydrogens (tertiary/aromatic N) is 3. The average molecular weight is 386 g/mol. The van der Waals surface area contributed by atoms with Gasteiger partial charge in [0, 0.05) is 35.8 Å². The van der Waals surface area contributed by atoms with Gasteiger partial charge in [0.1, 0.15) is 0 Å². The van der Waals surface area contributed by atoms with Crippen molar-refractivity contribution in [1.29, 1.82) is 0 Å². The van der Waals surface area contributed by atoms with E-state index in [4.69, 9.17) is 0 Å². The Bertz CT molecular complexity index is 1280. The lowest BCUT2D eigenvalue weighted by molar-refractivity contribution is -0.729. The van der Waals surface area contributed by atoms with Crippen molar-refractivity contribution in [2.24, 2.45) is 0 Å². The SMILES string of the molecule is C1=CN2c3ccccc3C3(c4ccccc4-c4cccc[n+]43)C2N1c1ccccc1. The van der Waals surface area contributed by atoms with Crippen molar-refractivity contribution in [3.8, 4) is 11.3 Å².